The predicted molar refractivity (Wildman–Crippen MR) is 75.9 cm³/mol. The summed E-state index contributed by atoms with van der Waals surface area (Å²) in [6.07, 6.45) is 0.659. The van der Waals surface area contributed by atoms with Crippen LogP contribution in [0.15, 0.2) is 24.3 Å². The third-order valence-electron chi connectivity index (χ3n) is 3.12. The summed E-state index contributed by atoms with van der Waals surface area (Å²) >= 11 is 0. The molecule has 0 aliphatic heterocycles. The van der Waals surface area contributed by atoms with Crippen molar-refractivity contribution in [2.24, 2.45) is 5.92 Å². The molecule has 1 unspecified atom stereocenters. The highest BCUT2D eigenvalue weighted by Gasteiger charge is 2.16. The summed E-state index contributed by atoms with van der Waals surface area (Å²) in [7, 11) is 0. The number of carboxylic acid groups (broad SMARTS) is 1. The highest BCUT2D eigenvalue weighted by Crippen LogP contribution is 2.24. The van der Waals surface area contributed by atoms with Crippen molar-refractivity contribution in [2.75, 3.05) is 18.5 Å². The van der Waals surface area contributed by atoms with Crippen LogP contribution in [0.25, 0.3) is 10.9 Å². The second-order valence-corrected chi connectivity index (χ2v) is 4.74. The standard InChI is InChI=1S/C14H17N3O3/c1-9(6-7-18)8-15-12-10-4-2-3-5-11(10)16-17-13(12)14(19)20/h2-5,9,18H,6-8H2,1H3,(H,15,16)(H,19,20). The topological polar surface area (TPSA) is 95.3 Å². The molecule has 1 aromatic heterocycles. The fourth-order valence-electron chi connectivity index (χ4n) is 1.98. The summed E-state index contributed by atoms with van der Waals surface area (Å²) < 4.78 is 0. The minimum absolute atomic E-state index is 0.0834. The monoisotopic (exact) mass is 275 g/mol. The summed E-state index contributed by atoms with van der Waals surface area (Å²) in [5.74, 6) is -0.880. The quantitative estimate of drug-likeness (QED) is 0.743. The van der Waals surface area contributed by atoms with E-state index in [1.807, 2.05) is 25.1 Å². The first-order chi connectivity index (χ1) is 9.63. The zero-order valence-electron chi connectivity index (χ0n) is 11.2. The molecule has 0 aliphatic carbocycles. The Balaban J connectivity index is 2.37. The Morgan fingerprint density at radius 3 is 2.80 bits per heavy atom. The van der Waals surface area contributed by atoms with Gasteiger partial charge >= 0.3 is 5.97 Å². The number of hydrogen-bond donors (Lipinski definition) is 3. The molecule has 0 saturated carbocycles. The van der Waals surface area contributed by atoms with Crippen LogP contribution in [0.2, 0.25) is 0 Å². The number of aromatic nitrogens is 2. The van der Waals surface area contributed by atoms with Crippen LogP contribution in [0, 0.1) is 5.92 Å². The van der Waals surface area contributed by atoms with E-state index in [-0.39, 0.29) is 18.2 Å². The summed E-state index contributed by atoms with van der Waals surface area (Å²) in [4.78, 5) is 11.3. The smallest absolute Gasteiger partial charge is 0.358 e. The Hall–Kier alpha value is -2.21. The Bertz CT molecular complexity index is 616. The number of fused-ring (bicyclic) bond motifs is 1. The molecule has 2 rings (SSSR count). The van der Waals surface area contributed by atoms with Crippen LogP contribution in [-0.4, -0.2) is 39.5 Å². The van der Waals surface area contributed by atoms with Crippen molar-refractivity contribution in [1.29, 1.82) is 0 Å². The van der Waals surface area contributed by atoms with Crippen molar-refractivity contribution >= 4 is 22.6 Å². The molecule has 0 radical (unpaired) electrons. The van der Waals surface area contributed by atoms with Crippen molar-refractivity contribution in [1.82, 2.24) is 10.2 Å². The number of aliphatic hydroxyl groups is 1. The van der Waals surface area contributed by atoms with E-state index in [0.29, 0.717) is 24.2 Å². The molecule has 1 aromatic carbocycles. The van der Waals surface area contributed by atoms with E-state index in [1.165, 1.54) is 0 Å². The maximum Gasteiger partial charge on any atom is 0.358 e. The van der Waals surface area contributed by atoms with Crippen LogP contribution in [0.5, 0.6) is 0 Å². The lowest BCUT2D eigenvalue weighted by Crippen LogP contribution is -2.16. The minimum atomic E-state index is -1.11. The van der Waals surface area contributed by atoms with E-state index < -0.39 is 5.97 Å². The van der Waals surface area contributed by atoms with Crippen molar-refractivity contribution in [3.05, 3.63) is 30.0 Å². The first-order valence-electron chi connectivity index (χ1n) is 6.47. The van der Waals surface area contributed by atoms with Crippen molar-refractivity contribution in [3.8, 4) is 0 Å². The van der Waals surface area contributed by atoms with E-state index >= 15 is 0 Å². The van der Waals surface area contributed by atoms with Crippen LogP contribution in [-0.2, 0) is 0 Å². The largest absolute Gasteiger partial charge is 0.476 e. The maximum absolute atomic E-state index is 11.3. The van der Waals surface area contributed by atoms with E-state index in [9.17, 15) is 9.90 Å². The molecule has 0 aliphatic rings. The van der Waals surface area contributed by atoms with Crippen LogP contribution in [0.3, 0.4) is 0 Å². The lowest BCUT2D eigenvalue weighted by molar-refractivity contribution is 0.0690. The number of hydrogen-bond acceptors (Lipinski definition) is 5. The van der Waals surface area contributed by atoms with Gasteiger partial charge in [0.25, 0.3) is 0 Å². The van der Waals surface area contributed by atoms with Gasteiger partial charge in [0.15, 0.2) is 5.69 Å². The highest BCUT2D eigenvalue weighted by molar-refractivity contribution is 6.02. The second kappa shape index (κ2) is 6.29. The molecule has 6 nitrogen and oxygen atoms in total. The molecule has 2 aromatic rings. The van der Waals surface area contributed by atoms with Gasteiger partial charge in [-0.2, -0.15) is 0 Å². The zero-order valence-corrected chi connectivity index (χ0v) is 11.2. The van der Waals surface area contributed by atoms with E-state index in [1.54, 1.807) is 6.07 Å². The number of benzene rings is 1. The highest BCUT2D eigenvalue weighted by atomic mass is 16.4. The Morgan fingerprint density at radius 1 is 1.35 bits per heavy atom. The molecule has 106 valence electrons. The fraction of sp³-hybridized carbons (Fsp3) is 0.357. The van der Waals surface area contributed by atoms with Gasteiger partial charge in [-0.15, -0.1) is 10.2 Å². The van der Waals surface area contributed by atoms with Gasteiger partial charge in [0.1, 0.15) is 0 Å². The van der Waals surface area contributed by atoms with Crippen molar-refractivity contribution < 1.29 is 15.0 Å². The third kappa shape index (κ3) is 3.03. The van der Waals surface area contributed by atoms with Gasteiger partial charge in [-0.3, -0.25) is 0 Å². The number of carbonyl (C=O) groups is 1. The normalized spacial score (nSPS) is 12.3. The molecule has 1 atom stereocenters. The third-order valence-corrected chi connectivity index (χ3v) is 3.12. The Morgan fingerprint density at radius 2 is 2.10 bits per heavy atom. The molecule has 6 heteroatoms. The first-order valence-corrected chi connectivity index (χ1v) is 6.47. The lowest BCUT2D eigenvalue weighted by Gasteiger charge is -2.15. The van der Waals surface area contributed by atoms with Crippen LogP contribution in [0.1, 0.15) is 23.8 Å². The summed E-state index contributed by atoms with van der Waals surface area (Å²) in [5.41, 5.74) is 1.04. The molecular formula is C14H17N3O3. The number of carboxylic acids is 1. The zero-order chi connectivity index (χ0) is 14.5. The van der Waals surface area contributed by atoms with Gasteiger partial charge in [-0.1, -0.05) is 25.1 Å². The average Bonchev–Trinajstić information content (AvgIpc) is 2.44. The number of nitrogens with one attached hydrogen (secondary N) is 1. The summed E-state index contributed by atoms with van der Waals surface area (Å²) in [6.45, 7) is 2.67. The SMILES string of the molecule is CC(CCO)CNc1c(C(=O)O)nnc2ccccc12. The Kier molecular flexibility index (Phi) is 4.47. The first kappa shape index (κ1) is 14.2. The number of aromatic carboxylic acids is 1. The van der Waals surface area contributed by atoms with Crippen molar-refractivity contribution in [3.63, 3.8) is 0 Å². The van der Waals surface area contributed by atoms with E-state index in [0.717, 1.165) is 5.39 Å². The van der Waals surface area contributed by atoms with Crippen LogP contribution >= 0.6 is 0 Å². The predicted octanol–water partition coefficient (Wildman–Crippen LogP) is 1.76. The molecule has 3 N–H and O–H groups in total. The van der Waals surface area contributed by atoms with Gasteiger partial charge in [0, 0.05) is 18.5 Å². The van der Waals surface area contributed by atoms with Crippen molar-refractivity contribution in [2.45, 2.75) is 13.3 Å². The molecule has 0 bridgehead atoms. The second-order valence-electron chi connectivity index (χ2n) is 4.74. The van der Waals surface area contributed by atoms with Crippen LogP contribution in [0.4, 0.5) is 5.69 Å². The maximum atomic E-state index is 11.3. The molecule has 0 spiro atoms. The molecule has 1 heterocycles. The summed E-state index contributed by atoms with van der Waals surface area (Å²) in [6, 6.07) is 7.26. The molecule has 0 saturated heterocycles. The van der Waals surface area contributed by atoms with Gasteiger partial charge in [0.05, 0.1) is 11.2 Å². The van der Waals surface area contributed by atoms with Gasteiger partial charge in [0.2, 0.25) is 0 Å². The fourth-order valence-corrected chi connectivity index (χ4v) is 1.98. The molecule has 0 amide bonds. The lowest BCUT2D eigenvalue weighted by atomic mass is 10.1. The average molecular weight is 275 g/mol. The number of anilines is 1. The van der Waals surface area contributed by atoms with E-state index in [2.05, 4.69) is 15.5 Å². The minimum Gasteiger partial charge on any atom is -0.476 e. The number of rotatable bonds is 6. The number of aliphatic hydroxyl groups excluding tert-OH is 1. The van der Waals surface area contributed by atoms with Gasteiger partial charge in [-0.05, 0) is 18.4 Å². The molecule has 0 fully saturated rings. The van der Waals surface area contributed by atoms with Gasteiger partial charge < -0.3 is 15.5 Å². The molecule has 20 heavy (non-hydrogen) atoms. The summed E-state index contributed by atoms with van der Waals surface area (Å²) in [5, 5.41) is 29.7. The van der Waals surface area contributed by atoms with Gasteiger partial charge in [-0.25, -0.2) is 4.79 Å². The van der Waals surface area contributed by atoms with E-state index in [4.69, 9.17) is 5.11 Å². The Labute approximate surface area is 116 Å². The van der Waals surface area contributed by atoms with Crippen LogP contribution < -0.4 is 5.32 Å². The molecular weight excluding hydrogens is 258 g/mol. The number of nitrogens with zero attached hydrogens (tertiary/aromatic N) is 2.